The van der Waals surface area contributed by atoms with Gasteiger partial charge in [0.25, 0.3) is 0 Å². The largest absolute Gasteiger partial charge is 0.437 e. The van der Waals surface area contributed by atoms with Crippen LogP contribution in [0.15, 0.2) is 42.6 Å². The first-order chi connectivity index (χ1) is 11.2. The van der Waals surface area contributed by atoms with Gasteiger partial charge in [-0.25, -0.2) is 0 Å². The Hall–Kier alpha value is -2.47. The highest BCUT2D eigenvalue weighted by Gasteiger charge is 2.22. The summed E-state index contributed by atoms with van der Waals surface area (Å²) in [4.78, 5) is 14.4. The number of carbonyl (C=O) groups is 1. The van der Waals surface area contributed by atoms with E-state index in [1.807, 2.05) is 18.2 Å². The summed E-state index contributed by atoms with van der Waals surface area (Å²) < 4.78 is 5.62. The van der Waals surface area contributed by atoms with Crippen LogP contribution in [-0.2, 0) is 4.79 Å². The second-order valence-corrected chi connectivity index (χ2v) is 5.70. The van der Waals surface area contributed by atoms with Crippen LogP contribution in [0.2, 0.25) is 0 Å². The van der Waals surface area contributed by atoms with Gasteiger partial charge in [-0.15, -0.1) is 5.10 Å². The molecule has 1 N–H and O–H groups in total. The lowest BCUT2D eigenvalue weighted by atomic mass is 10.2. The molecular weight excluding hydrogens is 292 g/mol. The maximum absolute atomic E-state index is 12.2. The first kappa shape index (κ1) is 15.4. The second-order valence-electron chi connectivity index (χ2n) is 5.70. The summed E-state index contributed by atoms with van der Waals surface area (Å²) in [6.45, 7) is 3.58. The molecule has 2 heterocycles. The summed E-state index contributed by atoms with van der Waals surface area (Å²) in [5.74, 6) is 1.02. The number of hydrogen-bond donors (Lipinski definition) is 1. The topological polar surface area (TPSA) is 67.4 Å². The lowest BCUT2D eigenvalue weighted by Crippen LogP contribution is -2.35. The molecule has 1 fully saturated rings. The molecule has 0 radical (unpaired) electrons. The van der Waals surface area contributed by atoms with Crippen molar-refractivity contribution in [2.75, 3.05) is 18.4 Å². The molecular formula is C17H20N4O2. The molecule has 0 bridgehead atoms. The van der Waals surface area contributed by atoms with Crippen molar-refractivity contribution >= 4 is 11.6 Å². The van der Waals surface area contributed by atoms with Gasteiger partial charge in [-0.2, -0.15) is 5.10 Å². The second kappa shape index (κ2) is 7.19. The minimum Gasteiger partial charge on any atom is -0.437 e. The van der Waals surface area contributed by atoms with E-state index in [-0.39, 0.29) is 5.91 Å². The van der Waals surface area contributed by atoms with Crippen molar-refractivity contribution in [3.8, 4) is 11.6 Å². The smallest absolute Gasteiger partial charge is 0.238 e. The first-order valence-corrected chi connectivity index (χ1v) is 7.80. The van der Waals surface area contributed by atoms with Crippen molar-refractivity contribution in [2.24, 2.45) is 0 Å². The summed E-state index contributed by atoms with van der Waals surface area (Å²) >= 11 is 0. The molecule has 0 unspecified atom stereocenters. The van der Waals surface area contributed by atoms with Crippen LogP contribution in [0, 0.1) is 0 Å². The van der Waals surface area contributed by atoms with E-state index in [0.29, 0.717) is 29.9 Å². The Labute approximate surface area is 135 Å². The van der Waals surface area contributed by atoms with Crippen LogP contribution in [0.3, 0.4) is 0 Å². The number of amides is 1. The van der Waals surface area contributed by atoms with Crippen LogP contribution >= 0.6 is 0 Å². The van der Waals surface area contributed by atoms with Crippen LogP contribution in [-0.4, -0.2) is 40.1 Å². The zero-order valence-electron chi connectivity index (χ0n) is 13.1. The number of carbonyl (C=O) groups excluding carboxylic acids is 1. The highest BCUT2D eigenvalue weighted by Crippen LogP contribution is 2.22. The quantitative estimate of drug-likeness (QED) is 0.919. The van der Waals surface area contributed by atoms with E-state index in [4.69, 9.17) is 4.74 Å². The lowest BCUT2D eigenvalue weighted by Gasteiger charge is -2.20. The van der Waals surface area contributed by atoms with Crippen molar-refractivity contribution in [1.82, 2.24) is 15.1 Å². The molecule has 1 aliphatic rings. The van der Waals surface area contributed by atoms with Gasteiger partial charge in [-0.3, -0.25) is 9.69 Å². The van der Waals surface area contributed by atoms with Crippen molar-refractivity contribution < 1.29 is 9.53 Å². The third-order valence-corrected chi connectivity index (χ3v) is 3.93. The number of anilines is 1. The molecule has 1 aromatic heterocycles. The van der Waals surface area contributed by atoms with Crippen LogP contribution in [0.1, 0.15) is 19.8 Å². The van der Waals surface area contributed by atoms with Gasteiger partial charge in [0.1, 0.15) is 5.75 Å². The summed E-state index contributed by atoms with van der Waals surface area (Å²) in [6.07, 6.45) is 3.91. The molecule has 0 saturated carbocycles. The highest BCUT2D eigenvalue weighted by atomic mass is 16.5. The first-order valence-electron chi connectivity index (χ1n) is 7.80. The predicted octanol–water partition coefficient (Wildman–Crippen LogP) is 2.69. The fraction of sp³-hybridized carbons (Fsp3) is 0.353. The van der Waals surface area contributed by atoms with E-state index in [9.17, 15) is 4.79 Å². The SMILES string of the molecule is C[C@@H]1CCCN1CC(=O)Nc1cccc(Oc2cccnn2)c1. The Kier molecular flexibility index (Phi) is 4.83. The van der Waals surface area contributed by atoms with Crippen molar-refractivity contribution in [3.05, 3.63) is 42.6 Å². The maximum Gasteiger partial charge on any atom is 0.238 e. The summed E-state index contributed by atoms with van der Waals surface area (Å²) in [5.41, 5.74) is 0.711. The molecule has 6 nitrogen and oxygen atoms in total. The molecule has 1 atom stereocenters. The van der Waals surface area contributed by atoms with Crippen molar-refractivity contribution in [2.45, 2.75) is 25.8 Å². The Balaban J connectivity index is 1.60. The van der Waals surface area contributed by atoms with Crippen LogP contribution in [0.25, 0.3) is 0 Å². The monoisotopic (exact) mass is 312 g/mol. The molecule has 0 aliphatic carbocycles. The highest BCUT2D eigenvalue weighted by molar-refractivity contribution is 5.92. The van der Waals surface area contributed by atoms with Crippen molar-refractivity contribution in [3.63, 3.8) is 0 Å². The number of aromatic nitrogens is 2. The van der Waals surface area contributed by atoms with Crippen LogP contribution < -0.4 is 10.1 Å². The summed E-state index contributed by atoms with van der Waals surface area (Å²) in [6, 6.07) is 11.2. The maximum atomic E-state index is 12.2. The predicted molar refractivity (Wildman–Crippen MR) is 87.4 cm³/mol. The molecule has 1 amide bonds. The summed E-state index contributed by atoms with van der Waals surface area (Å²) in [5, 5.41) is 10.6. The molecule has 2 aromatic rings. The molecule has 1 aromatic carbocycles. The van der Waals surface area contributed by atoms with Gasteiger partial charge in [0, 0.05) is 30.1 Å². The van der Waals surface area contributed by atoms with Gasteiger partial charge in [0.2, 0.25) is 11.8 Å². The average molecular weight is 312 g/mol. The van der Waals surface area contributed by atoms with E-state index < -0.39 is 0 Å². The van der Waals surface area contributed by atoms with Gasteiger partial charge in [0.15, 0.2) is 0 Å². The number of ether oxygens (including phenoxy) is 1. The van der Waals surface area contributed by atoms with Crippen molar-refractivity contribution in [1.29, 1.82) is 0 Å². The summed E-state index contributed by atoms with van der Waals surface area (Å²) in [7, 11) is 0. The number of nitrogens with zero attached hydrogens (tertiary/aromatic N) is 3. The minimum atomic E-state index is -0.00426. The molecule has 1 aliphatic heterocycles. The Morgan fingerprint density at radius 3 is 3.04 bits per heavy atom. The number of likely N-dealkylation sites (tertiary alicyclic amines) is 1. The number of nitrogens with one attached hydrogen (secondary N) is 1. The third kappa shape index (κ3) is 4.26. The Bertz CT molecular complexity index is 663. The lowest BCUT2D eigenvalue weighted by molar-refractivity contribution is -0.117. The minimum absolute atomic E-state index is 0.00426. The van der Waals surface area contributed by atoms with E-state index in [2.05, 4.69) is 27.3 Å². The zero-order chi connectivity index (χ0) is 16.1. The van der Waals surface area contributed by atoms with E-state index in [1.54, 1.807) is 24.4 Å². The van der Waals surface area contributed by atoms with Crippen LogP contribution in [0.5, 0.6) is 11.6 Å². The number of hydrogen-bond acceptors (Lipinski definition) is 5. The third-order valence-electron chi connectivity index (χ3n) is 3.93. The zero-order valence-corrected chi connectivity index (χ0v) is 13.1. The van der Waals surface area contributed by atoms with Gasteiger partial charge in [0.05, 0.1) is 6.54 Å². The standard InChI is InChI=1S/C17H20N4O2/c1-13-5-4-10-21(13)12-16(22)19-14-6-2-7-15(11-14)23-17-8-3-9-18-20-17/h2-3,6-9,11,13H,4-5,10,12H2,1H3,(H,19,22)/t13-/m1/s1. The molecule has 3 rings (SSSR count). The molecule has 0 spiro atoms. The average Bonchev–Trinajstić information content (AvgIpc) is 2.93. The van der Waals surface area contributed by atoms with E-state index in [1.165, 1.54) is 0 Å². The normalized spacial score (nSPS) is 17.9. The van der Waals surface area contributed by atoms with Gasteiger partial charge < -0.3 is 10.1 Å². The van der Waals surface area contributed by atoms with Gasteiger partial charge >= 0.3 is 0 Å². The van der Waals surface area contributed by atoms with E-state index in [0.717, 1.165) is 19.4 Å². The Morgan fingerprint density at radius 2 is 2.30 bits per heavy atom. The molecule has 1 saturated heterocycles. The van der Waals surface area contributed by atoms with Gasteiger partial charge in [-0.05, 0) is 44.5 Å². The number of benzene rings is 1. The molecule has 23 heavy (non-hydrogen) atoms. The fourth-order valence-electron chi connectivity index (χ4n) is 2.71. The molecule has 120 valence electrons. The molecule has 6 heteroatoms. The number of rotatable bonds is 5. The van der Waals surface area contributed by atoms with E-state index >= 15 is 0 Å². The van der Waals surface area contributed by atoms with Crippen LogP contribution in [0.4, 0.5) is 5.69 Å². The van der Waals surface area contributed by atoms with Gasteiger partial charge in [-0.1, -0.05) is 6.07 Å². The Morgan fingerprint density at radius 1 is 1.39 bits per heavy atom. The fourth-order valence-corrected chi connectivity index (χ4v) is 2.71.